The quantitative estimate of drug-likeness (QED) is 0.753. The van der Waals surface area contributed by atoms with Gasteiger partial charge in [-0.1, -0.05) is 0 Å². The summed E-state index contributed by atoms with van der Waals surface area (Å²) < 4.78 is 2.06. The predicted octanol–water partition coefficient (Wildman–Crippen LogP) is 4.37. The van der Waals surface area contributed by atoms with Crippen molar-refractivity contribution in [2.45, 2.75) is 0 Å². The number of aromatic nitrogens is 1. The number of rotatable bonds is 2. The minimum absolute atomic E-state index is 0.0970. The van der Waals surface area contributed by atoms with Crippen LogP contribution < -0.4 is 5.32 Å². The second-order valence-corrected chi connectivity index (χ2v) is 6.94. The summed E-state index contributed by atoms with van der Waals surface area (Å²) in [5, 5.41) is 2.87. The summed E-state index contributed by atoms with van der Waals surface area (Å²) in [7, 11) is 0. The number of thiophene rings is 1. The topological polar surface area (TPSA) is 42.0 Å². The Morgan fingerprint density at radius 1 is 1.28 bits per heavy atom. The van der Waals surface area contributed by atoms with Crippen LogP contribution >= 0.6 is 38.6 Å². The number of amides is 1. The molecule has 0 saturated carbocycles. The molecule has 0 bridgehead atoms. The Labute approximate surface area is 120 Å². The average Bonchev–Trinajstić information content (AvgIpc) is 2.96. The molecule has 6 heteroatoms. The summed E-state index contributed by atoms with van der Waals surface area (Å²) in [6.07, 6.45) is 0. The fourth-order valence-corrected chi connectivity index (χ4v) is 3.50. The van der Waals surface area contributed by atoms with Gasteiger partial charge in [0.25, 0.3) is 5.91 Å². The van der Waals surface area contributed by atoms with E-state index in [-0.39, 0.29) is 5.91 Å². The first-order chi connectivity index (χ1) is 8.72. The van der Waals surface area contributed by atoms with Crippen LogP contribution in [0.15, 0.2) is 39.6 Å². The highest BCUT2D eigenvalue weighted by molar-refractivity contribution is 9.11. The monoisotopic (exact) mass is 338 g/mol. The van der Waals surface area contributed by atoms with Gasteiger partial charge in [-0.05, 0) is 46.3 Å². The van der Waals surface area contributed by atoms with E-state index in [9.17, 15) is 4.79 Å². The van der Waals surface area contributed by atoms with Gasteiger partial charge in [-0.25, -0.2) is 4.98 Å². The number of carbonyl (C=O) groups is 1. The number of benzene rings is 1. The normalized spacial score (nSPS) is 10.7. The molecule has 2 heterocycles. The van der Waals surface area contributed by atoms with Gasteiger partial charge in [-0.3, -0.25) is 4.79 Å². The number of hydrogen-bond acceptors (Lipinski definition) is 4. The van der Waals surface area contributed by atoms with Gasteiger partial charge in [0.1, 0.15) is 0 Å². The molecule has 18 heavy (non-hydrogen) atoms. The molecule has 0 aliphatic rings. The Morgan fingerprint density at radius 3 is 2.94 bits per heavy atom. The van der Waals surface area contributed by atoms with Crippen molar-refractivity contribution < 1.29 is 4.79 Å². The number of halogens is 1. The molecule has 1 aromatic carbocycles. The standard InChI is InChI=1S/C12H7BrN2OS2/c13-11-4-3-10(18-11)12(16)15-7-1-2-9-8(5-7)14-6-17-9/h1-6H,(H,15,16). The molecule has 0 atom stereocenters. The third-order valence-corrected chi connectivity index (χ3v) is 4.82. The number of thiazole rings is 1. The van der Waals surface area contributed by atoms with Crippen molar-refractivity contribution in [1.29, 1.82) is 0 Å². The van der Waals surface area contributed by atoms with E-state index in [1.165, 1.54) is 11.3 Å². The van der Waals surface area contributed by atoms with Gasteiger partial charge in [0.2, 0.25) is 0 Å². The highest BCUT2D eigenvalue weighted by Gasteiger charge is 2.09. The molecule has 3 nitrogen and oxygen atoms in total. The second kappa shape index (κ2) is 4.79. The summed E-state index contributed by atoms with van der Waals surface area (Å²) in [4.78, 5) is 16.9. The zero-order valence-electron chi connectivity index (χ0n) is 9.01. The molecule has 90 valence electrons. The Balaban J connectivity index is 1.85. The van der Waals surface area contributed by atoms with E-state index in [0.29, 0.717) is 4.88 Å². The summed E-state index contributed by atoms with van der Waals surface area (Å²) in [5.41, 5.74) is 3.47. The molecule has 1 amide bonds. The number of fused-ring (bicyclic) bond motifs is 1. The van der Waals surface area contributed by atoms with Gasteiger partial charge in [-0.2, -0.15) is 0 Å². The van der Waals surface area contributed by atoms with Crippen LogP contribution in [0.4, 0.5) is 5.69 Å². The summed E-state index contributed by atoms with van der Waals surface area (Å²) in [5.74, 6) is -0.0970. The van der Waals surface area contributed by atoms with Gasteiger partial charge < -0.3 is 5.32 Å². The molecule has 3 aromatic rings. The summed E-state index contributed by atoms with van der Waals surface area (Å²) >= 11 is 6.34. The fourth-order valence-electron chi connectivity index (χ4n) is 1.56. The zero-order valence-corrected chi connectivity index (χ0v) is 12.2. The number of nitrogens with one attached hydrogen (secondary N) is 1. The molecule has 0 aliphatic heterocycles. The molecular formula is C12H7BrN2OS2. The molecule has 1 N–H and O–H groups in total. The molecule has 0 fully saturated rings. The van der Waals surface area contributed by atoms with Crippen LogP contribution in [0.25, 0.3) is 10.2 Å². The van der Waals surface area contributed by atoms with E-state index >= 15 is 0 Å². The van der Waals surface area contributed by atoms with Crippen LogP contribution in [0.3, 0.4) is 0 Å². The van der Waals surface area contributed by atoms with Gasteiger partial charge >= 0.3 is 0 Å². The molecule has 0 radical (unpaired) electrons. The first-order valence-corrected chi connectivity index (χ1v) is 7.61. The maximum Gasteiger partial charge on any atom is 0.265 e. The maximum atomic E-state index is 12.0. The van der Waals surface area contributed by atoms with Gasteiger partial charge in [0.15, 0.2) is 0 Å². The predicted molar refractivity (Wildman–Crippen MR) is 79.6 cm³/mol. The van der Waals surface area contributed by atoms with E-state index in [2.05, 4.69) is 26.2 Å². The number of nitrogens with zero attached hydrogens (tertiary/aromatic N) is 1. The van der Waals surface area contributed by atoms with E-state index in [0.717, 1.165) is 19.7 Å². The Hall–Kier alpha value is -1.24. The van der Waals surface area contributed by atoms with E-state index in [4.69, 9.17) is 0 Å². The van der Waals surface area contributed by atoms with E-state index in [1.807, 2.05) is 24.3 Å². The molecule has 2 aromatic heterocycles. The minimum Gasteiger partial charge on any atom is -0.321 e. The summed E-state index contributed by atoms with van der Waals surface area (Å²) in [6.45, 7) is 0. The third kappa shape index (κ3) is 2.31. The van der Waals surface area contributed by atoms with Crippen molar-refractivity contribution in [2.75, 3.05) is 5.32 Å². The Bertz CT molecular complexity index is 720. The Kier molecular flexibility index (Phi) is 3.15. The first kappa shape index (κ1) is 11.8. The molecule has 0 aliphatic carbocycles. The van der Waals surface area contributed by atoms with Crippen molar-refractivity contribution in [3.63, 3.8) is 0 Å². The van der Waals surface area contributed by atoms with E-state index in [1.54, 1.807) is 22.9 Å². The lowest BCUT2D eigenvalue weighted by molar-refractivity contribution is 0.103. The van der Waals surface area contributed by atoms with Crippen molar-refractivity contribution in [2.24, 2.45) is 0 Å². The maximum absolute atomic E-state index is 12.0. The van der Waals surface area contributed by atoms with Crippen LogP contribution in [-0.2, 0) is 0 Å². The molecule has 0 spiro atoms. The van der Waals surface area contributed by atoms with Crippen LogP contribution in [0.5, 0.6) is 0 Å². The second-order valence-electron chi connectivity index (χ2n) is 3.59. The average molecular weight is 339 g/mol. The van der Waals surface area contributed by atoms with Crippen molar-refractivity contribution in [3.8, 4) is 0 Å². The molecule has 3 rings (SSSR count). The first-order valence-electron chi connectivity index (χ1n) is 5.12. The minimum atomic E-state index is -0.0970. The lowest BCUT2D eigenvalue weighted by Gasteiger charge is -2.02. The van der Waals surface area contributed by atoms with Crippen molar-refractivity contribution >= 4 is 60.4 Å². The number of carbonyl (C=O) groups excluding carboxylic acids is 1. The molecule has 0 saturated heterocycles. The Morgan fingerprint density at radius 2 is 2.17 bits per heavy atom. The van der Waals surface area contributed by atoms with Gasteiger partial charge in [0, 0.05) is 5.69 Å². The molecule has 0 unspecified atom stereocenters. The summed E-state index contributed by atoms with van der Waals surface area (Å²) in [6, 6.07) is 9.40. The molecular weight excluding hydrogens is 332 g/mol. The lowest BCUT2D eigenvalue weighted by Crippen LogP contribution is -2.09. The van der Waals surface area contributed by atoms with Crippen LogP contribution in [0.2, 0.25) is 0 Å². The number of anilines is 1. The third-order valence-electron chi connectivity index (χ3n) is 2.39. The van der Waals surface area contributed by atoms with Crippen LogP contribution in [0.1, 0.15) is 9.67 Å². The van der Waals surface area contributed by atoms with Crippen LogP contribution in [0, 0.1) is 0 Å². The smallest absolute Gasteiger partial charge is 0.265 e. The number of hydrogen-bond donors (Lipinski definition) is 1. The highest BCUT2D eigenvalue weighted by atomic mass is 79.9. The SMILES string of the molecule is O=C(Nc1ccc2scnc2c1)c1ccc(Br)s1. The fraction of sp³-hybridized carbons (Fsp3) is 0. The van der Waals surface area contributed by atoms with Crippen LogP contribution in [-0.4, -0.2) is 10.9 Å². The van der Waals surface area contributed by atoms with E-state index < -0.39 is 0 Å². The van der Waals surface area contributed by atoms with Crippen molar-refractivity contribution in [1.82, 2.24) is 4.98 Å². The lowest BCUT2D eigenvalue weighted by atomic mass is 10.3. The van der Waals surface area contributed by atoms with Crippen molar-refractivity contribution in [3.05, 3.63) is 44.5 Å². The highest BCUT2D eigenvalue weighted by Crippen LogP contribution is 2.25. The van der Waals surface area contributed by atoms with Gasteiger partial charge in [-0.15, -0.1) is 22.7 Å². The van der Waals surface area contributed by atoms with Gasteiger partial charge in [0.05, 0.1) is 24.4 Å². The largest absolute Gasteiger partial charge is 0.321 e. The zero-order chi connectivity index (χ0) is 12.5.